The van der Waals surface area contributed by atoms with Crippen LogP contribution in [-0.4, -0.2) is 47.1 Å². The molecule has 0 saturated carbocycles. The van der Waals surface area contributed by atoms with Crippen LogP contribution in [0.25, 0.3) is 10.9 Å². The van der Waals surface area contributed by atoms with E-state index in [2.05, 4.69) is 25.9 Å². The Kier molecular flexibility index (Phi) is 9.48. The number of rotatable bonds is 9. The Morgan fingerprint density at radius 3 is 2.60 bits per heavy atom. The summed E-state index contributed by atoms with van der Waals surface area (Å²) in [6.07, 6.45) is 1.34. The zero-order valence-corrected chi connectivity index (χ0v) is 24.9. The van der Waals surface area contributed by atoms with Crippen molar-refractivity contribution >= 4 is 57.4 Å². The maximum absolute atomic E-state index is 13.3. The number of fused-ring (bicyclic) bond motifs is 1. The molecule has 0 saturated heterocycles. The van der Waals surface area contributed by atoms with Crippen LogP contribution in [0.3, 0.4) is 0 Å². The molecule has 0 aliphatic rings. The number of alkyl carbamates (subject to hydrolysis) is 1. The molecule has 4 aromatic rings. The first-order valence-electron chi connectivity index (χ1n) is 12.9. The van der Waals surface area contributed by atoms with Gasteiger partial charge < -0.3 is 30.4 Å². The fourth-order valence-electron chi connectivity index (χ4n) is 3.98. The number of amides is 3. The SMILES string of the molecule is COc1cc2[nH]c(=O)c(C(=O)Nc3cc(C(=O)NC(CCNC(=O)OC(C)(C)C)c4ccsc4)ccc3Cl)cc2cn1. The van der Waals surface area contributed by atoms with E-state index in [1.54, 1.807) is 26.8 Å². The summed E-state index contributed by atoms with van der Waals surface area (Å²) in [4.78, 5) is 57.7. The molecule has 11 nitrogen and oxygen atoms in total. The number of nitrogens with zero attached hydrogens (tertiary/aromatic N) is 1. The fourth-order valence-corrected chi connectivity index (χ4v) is 4.86. The minimum atomic E-state index is -0.710. The van der Waals surface area contributed by atoms with Crippen LogP contribution in [0, 0.1) is 0 Å². The number of halogens is 1. The van der Waals surface area contributed by atoms with Crippen LogP contribution in [0.4, 0.5) is 10.5 Å². The first-order valence-corrected chi connectivity index (χ1v) is 14.2. The third-order valence-electron chi connectivity index (χ3n) is 5.98. The Balaban J connectivity index is 1.47. The van der Waals surface area contributed by atoms with Crippen molar-refractivity contribution in [1.29, 1.82) is 0 Å². The van der Waals surface area contributed by atoms with Gasteiger partial charge in [0.15, 0.2) is 0 Å². The zero-order valence-electron chi connectivity index (χ0n) is 23.4. The highest BCUT2D eigenvalue weighted by atomic mass is 35.5. The van der Waals surface area contributed by atoms with Crippen molar-refractivity contribution in [3.8, 4) is 5.88 Å². The summed E-state index contributed by atoms with van der Waals surface area (Å²) in [6, 6.07) is 8.89. The molecule has 3 amide bonds. The van der Waals surface area contributed by atoms with Gasteiger partial charge in [-0.1, -0.05) is 11.6 Å². The van der Waals surface area contributed by atoms with E-state index < -0.39 is 35.1 Å². The molecule has 1 atom stereocenters. The molecule has 3 heterocycles. The number of hydrogen-bond donors (Lipinski definition) is 4. The highest BCUT2D eigenvalue weighted by Crippen LogP contribution is 2.26. The quantitative estimate of drug-likeness (QED) is 0.201. The van der Waals surface area contributed by atoms with Gasteiger partial charge in [-0.15, -0.1) is 0 Å². The van der Waals surface area contributed by atoms with Crippen LogP contribution in [0.5, 0.6) is 5.88 Å². The fraction of sp³-hybridized carbons (Fsp3) is 0.276. The zero-order chi connectivity index (χ0) is 30.4. The number of thiophene rings is 1. The van der Waals surface area contributed by atoms with E-state index in [9.17, 15) is 19.2 Å². The van der Waals surface area contributed by atoms with E-state index in [1.165, 1.54) is 48.9 Å². The van der Waals surface area contributed by atoms with Gasteiger partial charge in [-0.2, -0.15) is 11.3 Å². The van der Waals surface area contributed by atoms with E-state index >= 15 is 0 Å². The topological polar surface area (TPSA) is 152 Å². The number of benzene rings is 1. The van der Waals surface area contributed by atoms with Gasteiger partial charge in [0.05, 0.1) is 29.4 Å². The molecule has 220 valence electrons. The largest absolute Gasteiger partial charge is 0.481 e. The predicted molar refractivity (Wildman–Crippen MR) is 162 cm³/mol. The van der Waals surface area contributed by atoms with Crippen molar-refractivity contribution in [2.45, 2.75) is 38.8 Å². The number of carbonyl (C=O) groups is 3. The first kappa shape index (κ1) is 30.5. The van der Waals surface area contributed by atoms with Crippen molar-refractivity contribution in [2.24, 2.45) is 0 Å². The standard InChI is InChI=1S/C29H30ClN5O6S/c1-29(2,3)41-28(39)31-9-7-21(17-8-10-42-15-17)33-25(36)16-5-6-20(30)23(12-16)35-27(38)19-11-18-14-32-24(40-4)13-22(18)34-26(19)37/h5-6,8,10-15,21H,7,9H2,1-4H3,(H,31,39)(H,33,36)(H,34,37)(H,35,38). The molecule has 0 bridgehead atoms. The molecule has 1 aromatic carbocycles. The lowest BCUT2D eigenvalue weighted by atomic mass is 10.1. The number of ether oxygens (including phenoxy) is 2. The summed E-state index contributed by atoms with van der Waals surface area (Å²) in [5.74, 6) is -0.810. The molecule has 3 aromatic heterocycles. The molecule has 0 radical (unpaired) electrons. The third-order valence-corrected chi connectivity index (χ3v) is 7.02. The second-order valence-corrected chi connectivity index (χ2v) is 11.5. The van der Waals surface area contributed by atoms with E-state index in [1.807, 2.05) is 16.8 Å². The van der Waals surface area contributed by atoms with Gasteiger partial charge in [0.25, 0.3) is 17.4 Å². The van der Waals surface area contributed by atoms with Crippen LogP contribution < -0.4 is 26.2 Å². The number of nitrogens with one attached hydrogen (secondary N) is 4. The number of aromatic amines is 1. The second-order valence-electron chi connectivity index (χ2n) is 10.3. The first-order chi connectivity index (χ1) is 19.9. The Hall–Kier alpha value is -4.42. The van der Waals surface area contributed by atoms with Crippen molar-refractivity contribution in [3.05, 3.63) is 85.4 Å². The van der Waals surface area contributed by atoms with Gasteiger partial charge in [-0.3, -0.25) is 14.4 Å². The summed E-state index contributed by atoms with van der Waals surface area (Å²) in [7, 11) is 1.46. The summed E-state index contributed by atoms with van der Waals surface area (Å²) in [6.45, 7) is 5.59. The molecular formula is C29H30ClN5O6S. The maximum Gasteiger partial charge on any atom is 0.407 e. The number of pyridine rings is 2. The molecule has 1 unspecified atom stereocenters. The molecular weight excluding hydrogens is 582 g/mol. The molecule has 13 heteroatoms. The molecule has 0 spiro atoms. The number of H-pyrrole nitrogens is 1. The number of hydrogen-bond acceptors (Lipinski definition) is 8. The smallest absolute Gasteiger partial charge is 0.407 e. The lowest BCUT2D eigenvalue weighted by Crippen LogP contribution is -2.35. The highest BCUT2D eigenvalue weighted by molar-refractivity contribution is 7.08. The van der Waals surface area contributed by atoms with Gasteiger partial charge in [-0.05, 0) is 73.8 Å². The lowest BCUT2D eigenvalue weighted by Gasteiger charge is -2.21. The Morgan fingerprint density at radius 1 is 1.12 bits per heavy atom. The van der Waals surface area contributed by atoms with Crippen LogP contribution in [0.1, 0.15) is 59.5 Å². The molecule has 4 N–H and O–H groups in total. The van der Waals surface area contributed by atoms with Crippen LogP contribution >= 0.6 is 22.9 Å². The Bertz CT molecular complexity index is 1670. The van der Waals surface area contributed by atoms with Crippen LogP contribution in [-0.2, 0) is 4.74 Å². The van der Waals surface area contributed by atoms with Crippen LogP contribution in [0.2, 0.25) is 5.02 Å². The highest BCUT2D eigenvalue weighted by Gasteiger charge is 2.21. The van der Waals surface area contributed by atoms with Gasteiger partial charge in [0.2, 0.25) is 5.88 Å². The molecule has 0 aliphatic heterocycles. The van der Waals surface area contributed by atoms with Crippen molar-refractivity contribution < 1.29 is 23.9 Å². The summed E-state index contributed by atoms with van der Waals surface area (Å²) in [5, 5.41) is 12.8. The van der Waals surface area contributed by atoms with Crippen molar-refractivity contribution in [3.63, 3.8) is 0 Å². The predicted octanol–water partition coefficient (Wildman–Crippen LogP) is 5.28. The lowest BCUT2D eigenvalue weighted by molar-refractivity contribution is 0.0526. The van der Waals surface area contributed by atoms with Gasteiger partial charge in [0.1, 0.15) is 11.2 Å². The molecule has 0 aliphatic carbocycles. The number of anilines is 1. The van der Waals surface area contributed by atoms with Crippen molar-refractivity contribution in [1.82, 2.24) is 20.6 Å². The van der Waals surface area contributed by atoms with Crippen molar-refractivity contribution in [2.75, 3.05) is 19.0 Å². The van der Waals surface area contributed by atoms with Gasteiger partial charge >= 0.3 is 6.09 Å². The number of aromatic nitrogens is 2. The van der Waals surface area contributed by atoms with E-state index in [4.69, 9.17) is 21.1 Å². The summed E-state index contributed by atoms with van der Waals surface area (Å²) >= 11 is 7.81. The van der Waals surface area contributed by atoms with Crippen LogP contribution in [0.15, 0.2) is 58.1 Å². The minimum absolute atomic E-state index is 0.153. The van der Waals surface area contributed by atoms with E-state index in [-0.39, 0.29) is 28.4 Å². The number of methoxy groups -OCH3 is 1. The molecule has 0 fully saturated rings. The second kappa shape index (κ2) is 13.0. The molecule has 4 rings (SSSR count). The minimum Gasteiger partial charge on any atom is -0.481 e. The van der Waals surface area contributed by atoms with Gasteiger partial charge in [-0.25, -0.2) is 9.78 Å². The average molecular weight is 612 g/mol. The maximum atomic E-state index is 13.3. The normalized spacial score (nSPS) is 11.9. The molecule has 42 heavy (non-hydrogen) atoms. The average Bonchev–Trinajstić information content (AvgIpc) is 3.47. The number of carbonyl (C=O) groups excluding carboxylic acids is 3. The van der Waals surface area contributed by atoms with E-state index in [0.29, 0.717) is 23.2 Å². The summed E-state index contributed by atoms with van der Waals surface area (Å²) in [5.41, 5.74) is 0.331. The Morgan fingerprint density at radius 2 is 1.90 bits per heavy atom. The van der Waals surface area contributed by atoms with Gasteiger partial charge in [0, 0.05) is 29.8 Å². The summed E-state index contributed by atoms with van der Waals surface area (Å²) < 4.78 is 10.3. The third kappa shape index (κ3) is 7.86. The Labute approximate surface area is 250 Å². The monoisotopic (exact) mass is 611 g/mol. The van der Waals surface area contributed by atoms with E-state index in [0.717, 1.165) is 5.56 Å².